The minimum absolute atomic E-state index is 0.0442. The van der Waals surface area contributed by atoms with Crippen LogP contribution in [0.3, 0.4) is 0 Å². The summed E-state index contributed by atoms with van der Waals surface area (Å²) < 4.78 is 0. The van der Waals surface area contributed by atoms with Crippen LogP contribution in [0.1, 0.15) is 20.8 Å². The molecule has 1 heterocycles. The Kier molecular flexibility index (Phi) is 4.06. The molecular formula is C12H11N5O2S. The predicted octanol–water partition coefficient (Wildman–Crippen LogP) is 0.635. The van der Waals surface area contributed by atoms with Crippen LogP contribution in [0.2, 0.25) is 0 Å². The number of carbonyl (C=O) groups is 2. The fraction of sp³-hybridized carbons (Fsp3) is 0. The summed E-state index contributed by atoms with van der Waals surface area (Å²) in [5, 5.41) is 11.3. The van der Waals surface area contributed by atoms with Crippen LogP contribution in [0.5, 0.6) is 0 Å². The predicted molar refractivity (Wildman–Crippen MR) is 77.2 cm³/mol. The highest BCUT2D eigenvalue weighted by molar-refractivity contribution is 7.80. The van der Waals surface area contributed by atoms with Gasteiger partial charge in [-0.1, -0.05) is 18.2 Å². The van der Waals surface area contributed by atoms with Crippen LogP contribution in [-0.4, -0.2) is 27.1 Å². The highest BCUT2D eigenvalue weighted by atomic mass is 32.1. The maximum Gasteiger partial charge on any atom is 0.268 e. The maximum absolute atomic E-state index is 11.8. The average Bonchev–Trinajstić information content (AvgIpc) is 2.87. The van der Waals surface area contributed by atoms with E-state index in [1.165, 1.54) is 6.20 Å². The summed E-state index contributed by atoms with van der Waals surface area (Å²) in [6.45, 7) is 0. The molecule has 0 atom stereocenters. The summed E-state index contributed by atoms with van der Waals surface area (Å²) in [6, 6.07) is 8.60. The maximum atomic E-state index is 11.8. The molecule has 0 radical (unpaired) electrons. The van der Waals surface area contributed by atoms with Crippen LogP contribution in [0, 0.1) is 0 Å². The van der Waals surface area contributed by atoms with Crippen molar-refractivity contribution >= 4 is 34.8 Å². The van der Waals surface area contributed by atoms with Gasteiger partial charge in [-0.25, -0.2) is 0 Å². The van der Waals surface area contributed by atoms with Gasteiger partial charge in [0.05, 0.1) is 11.9 Å². The Morgan fingerprint density at radius 3 is 2.60 bits per heavy atom. The number of aromatic amines is 1. The van der Waals surface area contributed by atoms with Crippen molar-refractivity contribution in [2.75, 3.05) is 5.32 Å². The Morgan fingerprint density at radius 2 is 1.95 bits per heavy atom. The van der Waals surface area contributed by atoms with Crippen molar-refractivity contribution in [3.05, 3.63) is 47.8 Å². The Bertz CT molecular complexity index is 653. The lowest BCUT2D eigenvalue weighted by Gasteiger charge is -2.08. The summed E-state index contributed by atoms with van der Waals surface area (Å²) in [5.41, 5.74) is 6.00. The third kappa shape index (κ3) is 3.18. The first kappa shape index (κ1) is 13.7. The first-order chi connectivity index (χ1) is 9.58. The van der Waals surface area contributed by atoms with E-state index in [2.05, 4.69) is 20.8 Å². The van der Waals surface area contributed by atoms with Crippen LogP contribution < -0.4 is 16.4 Å². The first-order valence-electron chi connectivity index (χ1n) is 5.58. The zero-order valence-corrected chi connectivity index (χ0v) is 11.0. The van der Waals surface area contributed by atoms with Crippen LogP contribution >= 0.6 is 12.2 Å². The molecule has 1 aromatic carbocycles. The minimum Gasteiger partial charge on any atom is -0.364 e. The number of hydrogen-bond acceptors (Lipinski definition) is 4. The molecule has 0 fully saturated rings. The number of nitrogens with two attached hydrogens (primary N) is 1. The molecule has 0 aliphatic carbocycles. The lowest BCUT2D eigenvalue weighted by molar-refractivity contribution is 0.0975. The number of anilines is 1. The number of amides is 2. The fourth-order valence-electron chi connectivity index (χ4n) is 1.49. The molecule has 0 unspecified atom stereocenters. The van der Waals surface area contributed by atoms with Crippen molar-refractivity contribution in [1.29, 1.82) is 0 Å². The Labute approximate surface area is 119 Å². The summed E-state index contributed by atoms with van der Waals surface area (Å²) in [6.07, 6.45) is 1.35. The summed E-state index contributed by atoms with van der Waals surface area (Å²) >= 11 is 4.99. The number of benzene rings is 1. The molecule has 2 rings (SSSR count). The van der Waals surface area contributed by atoms with Gasteiger partial charge in [0.15, 0.2) is 5.11 Å². The van der Waals surface area contributed by atoms with E-state index >= 15 is 0 Å². The van der Waals surface area contributed by atoms with E-state index in [-0.39, 0.29) is 16.7 Å². The fourth-order valence-corrected chi connectivity index (χ4v) is 1.69. The van der Waals surface area contributed by atoms with Gasteiger partial charge in [0.2, 0.25) is 0 Å². The number of H-pyrrole nitrogens is 1. The van der Waals surface area contributed by atoms with Gasteiger partial charge in [-0.05, 0) is 24.4 Å². The van der Waals surface area contributed by atoms with Gasteiger partial charge in [-0.15, -0.1) is 0 Å². The Morgan fingerprint density at radius 1 is 1.25 bits per heavy atom. The number of nitrogens with zero attached hydrogens (tertiary/aromatic N) is 1. The zero-order valence-electron chi connectivity index (χ0n) is 10.2. The summed E-state index contributed by atoms with van der Waals surface area (Å²) in [5.74, 6) is -1.03. The van der Waals surface area contributed by atoms with Crippen molar-refractivity contribution in [1.82, 2.24) is 15.5 Å². The first-order valence-corrected chi connectivity index (χ1v) is 5.99. The molecule has 0 saturated heterocycles. The van der Waals surface area contributed by atoms with Crippen LogP contribution in [0.15, 0.2) is 36.5 Å². The monoisotopic (exact) mass is 289 g/mol. The molecule has 0 saturated carbocycles. The number of aromatic nitrogens is 2. The second-order valence-electron chi connectivity index (χ2n) is 3.80. The normalized spacial score (nSPS) is 9.80. The van der Waals surface area contributed by atoms with Crippen molar-refractivity contribution in [3.8, 4) is 0 Å². The van der Waals surface area contributed by atoms with Crippen LogP contribution in [0.4, 0.5) is 5.69 Å². The number of thiocarbonyl (C=S) groups is 1. The molecule has 0 spiro atoms. The molecule has 5 N–H and O–H groups in total. The third-order valence-corrected chi connectivity index (χ3v) is 2.60. The molecule has 1 aromatic heterocycles. The molecule has 7 nitrogen and oxygen atoms in total. The molecule has 20 heavy (non-hydrogen) atoms. The molecule has 8 heteroatoms. The van der Waals surface area contributed by atoms with E-state index < -0.39 is 5.91 Å². The van der Waals surface area contributed by atoms with Crippen molar-refractivity contribution in [2.45, 2.75) is 0 Å². The van der Waals surface area contributed by atoms with Gasteiger partial charge >= 0.3 is 0 Å². The number of primary amides is 1. The van der Waals surface area contributed by atoms with Crippen molar-refractivity contribution < 1.29 is 9.59 Å². The van der Waals surface area contributed by atoms with Gasteiger partial charge in [-0.3, -0.25) is 20.0 Å². The average molecular weight is 289 g/mol. The molecule has 0 bridgehead atoms. The second kappa shape index (κ2) is 5.93. The number of hydrogen-bond donors (Lipinski definition) is 4. The zero-order chi connectivity index (χ0) is 14.5. The third-order valence-electron chi connectivity index (χ3n) is 2.40. The number of nitrogens with one attached hydrogen (secondary N) is 3. The van der Waals surface area contributed by atoms with Crippen molar-refractivity contribution in [3.63, 3.8) is 0 Å². The molecule has 0 aliphatic rings. The molecule has 102 valence electrons. The van der Waals surface area contributed by atoms with Gasteiger partial charge < -0.3 is 11.1 Å². The van der Waals surface area contributed by atoms with E-state index in [1.807, 2.05) is 0 Å². The number of rotatable bonds is 3. The standard InChI is InChI=1S/C12H11N5O2S/c13-10(18)9-8(6-14-17-9)15-12(20)16-11(19)7-4-2-1-3-5-7/h1-6H,(H2,13,18)(H,14,17)(H2,15,16,19,20). The highest BCUT2D eigenvalue weighted by Gasteiger charge is 2.13. The Balaban J connectivity index is 2.01. The summed E-state index contributed by atoms with van der Waals surface area (Å²) in [7, 11) is 0. The van der Waals surface area contributed by atoms with Crippen LogP contribution in [0.25, 0.3) is 0 Å². The van der Waals surface area contributed by atoms with Gasteiger partial charge in [0, 0.05) is 5.56 Å². The molecule has 2 aromatic rings. The van der Waals surface area contributed by atoms with Crippen LogP contribution in [-0.2, 0) is 0 Å². The lowest BCUT2D eigenvalue weighted by Crippen LogP contribution is -2.34. The second-order valence-corrected chi connectivity index (χ2v) is 4.21. The largest absolute Gasteiger partial charge is 0.364 e. The molecular weight excluding hydrogens is 278 g/mol. The topological polar surface area (TPSA) is 113 Å². The van der Waals surface area contributed by atoms with E-state index in [0.717, 1.165) is 0 Å². The minimum atomic E-state index is -0.679. The SMILES string of the molecule is NC(=O)c1[nH]ncc1NC(=S)NC(=O)c1ccccc1. The summed E-state index contributed by atoms with van der Waals surface area (Å²) in [4.78, 5) is 22.9. The van der Waals surface area contributed by atoms with Gasteiger partial charge in [0.1, 0.15) is 5.69 Å². The molecule has 2 amide bonds. The van der Waals surface area contributed by atoms with Crippen molar-refractivity contribution in [2.24, 2.45) is 5.73 Å². The van der Waals surface area contributed by atoms with E-state index in [1.54, 1.807) is 30.3 Å². The number of carbonyl (C=O) groups excluding carboxylic acids is 2. The van der Waals surface area contributed by atoms with E-state index in [0.29, 0.717) is 11.3 Å². The highest BCUT2D eigenvalue weighted by Crippen LogP contribution is 2.10. The smallest absolute Gasteiger partial charge is 0.268 e. The van der Waals surface area contributed by atoms with E-state index in [4.69, 9.17) is 18.0 Å². The van der Waals surface area contributed by atoms with Gasteiger partial charge in [-0.2, -0.15) is 5.10 Å². The Hall–Kier alpha value is -2.74. The quantitative estimate of drug-likeness (QED) is 0.619. The lowest BCUT2D eigenvalue weighted by atomic mass is 10.2. The molecule has 0 aliphatic heterocycles. The van der Waals surface area contributed by atoms with E-state index in [9.17, 15) is 9.59 Å². The van der Waals surface area contributed by atoms with Gasteiger partial charge in [0.25, 0.3) is 11.8 Å².